The number of ether oxygens (including phenoxy) is 1. The monoisotopic (exact) mass is 287 g/mol. The van der Waals surface area contributed by atoms with Gasteiger partial charge in [-0.2, -0.15) is 0 Å². The summed E-state index contributed by atoms with van der Waals surface area (Å²) in [6, 6.07) is 0. The van der Waals surface area contributed by atoms with Gasteiger partial charge in [0.05, 0.1) is 6.54 Å². The molecule has 0 aliphatic rings. The summed E-state index contributed by atoms with van der Waals surface area (Å²) < 4.78 is 29.2. The summed E-state index contributed by atoms with van der Waals surface area (Å²) in [6.45, 7) is 2.02. The highest BCUT2D eigenvalue weighted by Crippen LogP contribution is 2.00. The molecule has 0 aromatic rings. The summed E-state index contributed by atoms with van der Waals surface area (Å²) in [4.78, 5) is 12.5. The fourth-order valence-corrected chi connectivity index (χ4v) is 1.41. The topological polar surface area (TPSA) is 29.5 Å². The van der Waals surface area contributed by atoms with Crippen LogP contribution in [-0.4, -0.2) is 48.9 Å². The molecule has 0 N–H and O–H groups in total. The Balaban J connectivity index is 3.92. The maximum atomic E-state index is 12.1. The van der Waals surface area contributed by atoms with E-state index in [2.05, 4.69) is 15.9 Å². The Hall–Kier alpha value is -0.230. The molecule has 3 nitrogen and oxygen atoms in total. The molecule has 0 aromatic heterocycles. The molecule has 15 heavy (non-hydrogen) atoms. The van der Waals surface area contributed by atoms with Crippen molar-refractivity contribution in [1.29, 1.82) is 0 Å². The summed E-state index contributed by atoms with van der Waals surface area (Å²) >= 11 is 3.11. The van der Waals surface area contributed by atoms with Gasteiger partial charge in [0, 0.05) is 18.5 Å². The van der Waals surface area contributed by atoms with Gasteiger partial charge in [0.1, 0.15) is 6.61 Å². The van der Waals surface area contributed by atoms with Crippen molar-refractivity contribution in [2.75, 3.05) is 31.6 Å². The van der Waals surface area contributed by atoms with Crippen LogP contribution in [0.2, 0.25) is 0 Å². The summed E-state index contributed by atoms with van der Waals surface area (Å²) in [5, 5.41) is 0.485. The fourth-order valence-electron chi connectivity index (χ4n) is 0.982. The quantitative estimate of drug-likeness (QED) is 0.504. The van der Waals surface area contributed by atoms with E-state index in [4.69, 9.17) is 4.74 Å². The van der Waals surface area contributed by atoms with Crippen molar-refractivity contribution in [3.8, 4) is 0 Å². The second-order valence-electron chi connectivity index (χ2n) is 2.97. The highest BCUT2D eigenvalue weighted by atomic mass is 79.9. The van der Waals surface area contributed by atoms with Crippen LogP contribution in [-0.2, 0) is 9.53 Å². The molecule has 0 spiro atoms. The SMILES string of the molecule is CCCOCC(=O)N(CCBr)CC(F)F. The van der Waals surface area contributed by atoms with E-state index in [-0.39, 0.29) is 19.1 Å². The molecule has 0 atom stereocenters. The molecule has 6 heteroatoms. The van der Waals surface area contributed by atoms with Crippen LogP contribution in [0, 0.1) is 0 Å². The molecule has 90 valence electrons. The van der Waals surface area contributed by atoms with E-state index in [0.29, 0.717) is 11.9 Å². The van der Waals surface area contributed by atoms with E-state index in [9.17, 15) is 13.6 Å². The van der Waals surface area contributed by atoms with Gasteiger partial charge in [-0.1, -0.05) is 22.9 Å². The van der Waals surface area contributed by atoms with Crippen LogP contribution >= 0.6 is 15.9 Å². The predicted molar refractivity (Wildman–Crippen MR) is 57.5 cm³/mol. The molecule has 0 aliphatic heterocycles. The Labute approximate surface area is 96.9 Å². The minimum Gasteiger partial charge on any atom is -0.372 e. The van der Waals surface area contributed by atoms with Crippen molar-refractivity contribution in [2.24, 2.45) is 0 Å². The van der Waals surface area contributed by atoms with Crippen molar-refractivity contribution < 1.29 is 18.3 Å². The second-order valence-corrected chi connectivity index (χ2v) is 3.77. The minimum absolute atomic E-state index is 0.118. The molecule has 0 fully saturated rings. The molecular weight excluding hydrogens is 272 g/mol. The number of hydrogen-bond acceptors (Lipinski definition) is 2. The average Bonchev–Trinajstić information content (AvgIpc) is 2.17. The van der Waals surface area contributed by atoms with E-state index >= 15 is 0 Å². The van der Waals surface area contributed by atoms with Gasteiger partial charge < -0.3 is 9.64 Å². The van der Waals surface area contributed by atoms with Gasteiger partial charge >= 0.3 is 0 Å². The highest BCUT2D eigenvalue weighted by Gasteiger charge is 2.17. The Bertz CT molecular complexity index is 181. The number of carbonyl (C=O) groups excluding carboxylic acids is 1. The number of hydrogen-bond donors (Lipinski definition) is 0. The van der Waals surface area contributed by atoms with Crippen LogP contribution < -0.4 is 0 Å². The smallest absolute Gasteiger partial charge is 0.255 e. The first-order valence-corrected chi connectivity index (χ1v) is 5.93. The van der Waals surface area contributed by atoms with Crippen LogP contribution in [0.15, 0.2) is 0 Å². The van der Waals surface area contributed by atoms with E-state index < -0.39 is 13.0 Å². The Morgan fingerprint density at radius 2 is 2.20 bits per heavy atom. The van der Waals surface area contributed by atoms with Gasteiger partial charge in [-0.3, -0.25) is 4.79 Å². The van der Waals surface area contributed by atoms with E-state index in [1.54, 1.807) is 0 Å². The van der Waals surface area contributed by atoms with Gasteiger partial charge in [-0.15, -0.1) is 0 Å². The first kappa shape index (κ1) is 14.8. The van der Waals surface area contributed by atoms with Crippen molar-refractivity contribution in [3.05, 3.63) is 0 Å². The summed E-state index contributed by atoms with van der Waals surface area (Å²) in [5.41, 5.74) is 0. The largest absolute Gasteiger partial charge is 0.372 e. The van der Waals surface area contributed by atoms with Crippen LogP contribution in [0.3, 0.4) is 0 Å². The van der Waals surface area contributed by atoms with Crippen molar-refractivity contribution in [1.82, 2.24) is 4.90 Å². The van der Waals surface area contributed by atoms with Crippen LogP contribution in [0.4, 0.5) is 8.78 Å². The lowest BCUT2D eigenvalue weighted by atomic mass is 10.4. The van der Waals surface area contributed by atoms with E-state index in [1.807, 2.05) is 6.92 Å². The maximum absolute atomic E-state index is 12.1. The molecule has 1 amide bonds. The Kier molecular flexibility index (Phi) is 8.89. The number of carbonyl (C=O) groups is 1. The summed E-state index contributed by atoms with van der Waals surface area (Å²) in [7, 11) is 0. The van der Waals surface area contributed by atoms with E-state index in [1.165, 1.54) is 0 Å². The third-order valence-corrected chi connectivity index (χ3v) is 1.99. The van der Waals surface area contributed by atoms with E-state index in [0.717, 1.165) is 11.3 Å². The zero-order valence-electron chi connectivity index (χ0n) is 8.72. The third-order valence-electron chi connectivity index (χ3n) is 1.64. The standard InChI is InChI=1S/C9H16BrF2NO2/c1-2-5-15-7-9(14)13(4-3-10)6-8(11)12/h8H,2-7H2,1H3. The number of alkyl halides is 3. The molecule has 0 bridgehead atoms. The van der Waals surface area contributed by atoms with Crippen LogP contribution in [0.25, 0.3) is 0 Å². The molecular formula is C9H16BrF2NO2. The molecule has 0 rings (SSSR count). The number of nitrogens with zero attached hydrogens (tertiary/aromatic N) is 1. The van der Waals surface area contributed by atoms with Gasteiger partial charge in [0.2, 0.25) is 5.91 Å². The zero-order chi connectivity index (χ0) is 11.7. The number of halogens is 3. The lowest BCUT2D eigenvalue weighted by Crippen LogP contribution is -2.38. The molecule has 0 heterocycles. The highest BCUT2D eigenvalue weighted by molar-refractivity contribution is 9.09. The minimum atomic E-state index is -2.50. The number of rotatable bonds is 8. The molecule has 0 radical (unpaired) electrons. The molecule has 0 aliphatic carbocycles. The first-order valence-electron chi connectivity index (χ1n) is 4.81. The Morgan fingerprint density at radius 3 is 2.67 bits per heavy atom. The van der Waals surface area contributed by atoms with Crippen molar-refractivity contribution >= 4 is 21.8 Å². The zero-order valence-corrected chi connectivity index (χ0v) is 10.3. The lowest BCUT2D eigenvalue weighted by Gasteiger charge is -2.21. The van der Waals surface area contributed by atoms with Gasteiger partial charge in [0.25, 0.3) is 6.43 Å². The lowest BCUT2D eigenvalue weighted by molar-refractivity contribution is -0.137. The van der Waals surface area contributed by atoms with Crippen LogP contribution in [0.1, 0.15) is 13.3 Å². The Morgan fingerprint density at radius 1 is 1.53 bits per heavy atom. The predicted octanol–water partition coefficient (Wildman–Crippen LogP) is 1.90. The number of amides is 1. The van der Waals surface area contributed by atoms with Gasteiger partial charge in [-0.05, 0) is 6.42 Å². The molecule has 0 unspecified atom stereocenters. The second kappa shape index (κ2) is 9.03. The van der Waals surface area contributed by atoms with Crippen LogP contribution in [0.5, 0.6) is 0 Å². The normalized spacial score (nSPS) is 10.7. The van der Waals surface area contributed by atoms with Gasteiger partial charge in [0.15, 0.2) is 0 Å². The molecule has 0 aromatic carbocycles. The molecule has 0 saturated heterocycles. The molecule has 0 saturated carbocycles. The van der Waals surface area contributed by atoms with Crippen molar-refractivity contribution in [3.63, 3.8) is 0 Å². The average molecular weight is 288 g/mol. The summed E-state index contributed by atoms with van der Waals surface area (Å²) in [5.74, 6) is -0.386. The maximum Gasteiger partial charge on any atom is 0.255 e. The van der Waals surface area contributed by atoms with Gasteiger partial charge in [-0.25, -0.2) is 8.78 Å². The summed E-state index contributed by atoms with van der Waals surface area (Å²) in [6.07, 6.45) is -1.69. The third kappa shape index (κ3) is 7.67. The van der Waals surface area contributed by atoms with Crippen molar-refractivity contribution in [2.45, 2.75) is 19.8 Å². The first-order chi connectivity index (χ1) is 7.11. The fraction of sp³-hybridized carbons (Fsp3) is 0.889.